The normalized spacial score (nSPS) is 10.2. The van der Waals surface area contributed by atoms with Gasteiger partial charge in [0.1, 0.15) is 5.75 Å². The van der Waals surface area contributed by atoms with Gasteiger partial charge in [-0.3, -0.25) is 4.98 Å². The van der Waals surface area contributed by atoms with Gasteiger partial charge in [-0.25, -0.2) is 0 Å². The maximum absolute atomic E-state index is 10.4. The summed E-state index contributed by atoms with van der Waals surface area (Å²) in [6.07, 6.45) is 5.93. The van der Waals surface area contributed by atoms with Gasteiger partial charge in [0.15, 0.2) is 5.75 Å². The monoisotopic (exact) mass is 414 g/mol. The molecule has 3 rings (SSSR count). The van der Waals surface area contributed by atoms with E-state index in [1.165, 1.54) is 0 Å². The number of unbranched alkanes of at least 4 members (excludes halogenated alkanes) is 2. The maximum atomic E-state index is 10.4. The van der Waals surface area contributed by atoms with Crippen LogP contribution in [-0.4, -0.2) is 16.7 Å². The number of aliphatic carboxylic acids is 1. The van der Waals surface area contributed by atoms with E-state index in [9.17, 15) is 15.2 Å². The molecule has 142 valence electrons. The second-order valence-electron chi connectivity index (χ2n) is 6.22. The maximum Gasteiger partial charge on any atom is 1.00 e. The van der Waals surface area contributed by atoms with Crippen molar-refractivity contribution >= 4 is 28.5 Å². The molecule has 7 heteroatoms. The van der Waals surface area contributed by atoms with E-state index < -0.39 is 5.97 Å². The van der Waals surface area contributed by atoms with Gasteiger partial charge in [0, 0.05) is 22.9 Å². The quantitative estimate of drug-likeness (QED) is 0.298. The summed E-state index contributed by atoms with van der Waals surface area (Å²) in [6, 6.07) is 15.4. The van der Waals surface area contributed by atoms with Crippen molar-refractivity contribution in [3.05, 3.63) is 60.4 Å². The number of thioether (sulfide) groups is 1. The molecule has 2 aromatic carbocycles. The van der Waals surface area contributed by atoms with Gasteiger partial charge < -0.3 is 14.6 Å². The zero-order chi connectivity index (χ0) is 19.8. The van der Waals surface area contributed by atoms with Crippen molar-refractivity contribution in [2.24, 2.45) is 0 Å². The average Bonchev–Trinajstić information content (AvgIpc) is 2.71. The summed E-state index contributed by atoms with van der Waals surface area (Å²) in [5, 5.41) is 21.5. The fourth-order valence-corrected chi connectivity index (χ4v) is 3.83. The van der Waals surface area contributed by atoms with Crippen molar-refractivity contribution in [2.45, 2.75) is 30.6 Å². The number of hydrogen-bond acceptors (Lipinski definition) is 6. The number of ether oxygens (including phenoxy) is 1. The number of carboxylic acids is 1. The summed E-state index contributed by atoms with van der Waals surface area (Å²) in [4.78, 5) is 15.6. The Kier molecular flexibility index (Phi) is 9.49. The van der Waals surface area contributed by atoms with Crippen LogP contribution in [0, 0.1) is 11.3 Å². The summed E-state index contributed by atoms with van der Waals surface area (Å²) in [6.45, 7) is 0. The largest absolute Gasteiger partial charge is 1.00 e. The molecule has 0 unspecified atom stereocenters. The number of fused-ring (bicyclic) bond motifs is 1. The van der Waals surface area contributed by atoms with Crippen molar-refractivity contribution < 1.29 is 44.2 Å². The van der Waals surface area contributed by atoms with Gasteiger partial charge in [-0.15, -0.1) is 11.8 Å². The van der Waals surface area contributed by atoms with E-state index in [4.69, 9.17) is 4.74 Å². The minimum absolute atomic E-state index is 0. The molecule has 0 spiro atoms. The van der Waals surface area contributed by atoms with Crippen LogP contribution in [-0.2, 0) is 4.79 Å². The second-order valence-corrected chi connectivity index (χ2v) is 7.36. The number of rotatable bonds is 9. The number of nitrogens with zero attached hydrogens (tertiary/aromatic N) is 2. The molecule has 0 fully saturated rings. The standard InChI is InChI=1S/C22H20N2O3S.Na/c23-14-16-9-10-19(18-7-4-3-6-17(16)18)27-20-15-24-12-11-21(20)28-13-5-1-2-8-22(25)26;/h3-4,6-7,9-12,15H,1-2,5,8,13H2,(H,25,26);/q;+1/p-1. The van der Waals surface area contributed by atoms with Crippen LogP contribution in [0.25, 0.3) is 10.8 Å². The topological polar surface area (TPSA) is 86.0 Å². The van der Waals surface area contributed by atoms with Gasteiger partial charge in [0.25, 0.3) is 0 Å². The first kappa shape index (κ1) is 23.2. The molecule has 0 bridgehead atoms. The summed E-state index contributed by atoms with van der Waals surface area (Å²) < 4.78 is 6.15. The molecule has 1 aromatic heterocycles. The Morgan fingerprint density at radius 3 is 2.62 bits per heavy atom. The number of hydrogen-bond donors (Lipinski definition) is 0. The number of carbonyl (C=O) groups excluding carboxylic acids is 1. The summed E-state index contributed by atoms with van der Waals surface area (Å²) in [5.41, 5.74) is 0.611. The molecule has 0 atom stereocenters. The third-order valence-corrected chi connectivity index (χ3v) is 5.39. The van der Waals surface area contributed by atoms with Crippen LogP contribution >= 0.6 is 11.8 Å². The van der Waals surface area contributed by atoms with Gasteiger partial charge in [-0.1, -0.05) is 30.7 Å². The van der Waals surface area contributed by atoms with Crippen LogP contribution in [0.3, 0.4) is 0 Å². The summed E-state index contributed by atoms with van der Waals surface area (Å²) in [5.74, 6) is 1.21. The number of carboxylic acid groups (broad SMARTS) is 1. The van der Waals surface area contributed by atoms with Gasteiger partial charge in [-0.2, -0.15) is 5.26 Å². The molecule has 29 heavy (non-hydrogen) atoms. The molecule has 0 saturated carbocycles. The first-order valence-electron chi connectivity index (χ1n) is 9.05. The molecule has 1 heterocycles. The zero-order valence-corrected chi connectivity index (χ0v) is 19.1. The Hall–Kier alpha value is -2.04. The Morgan fingerprint density at radius 1 is 1.07 bits per heavy atom. The molecule has 0 N–H and O–H groups in total. The van der Waals surface area contributed by atoms with Crippen LogP contribution in [0.2, 0.25) is 0 Å². The molecule has 0 radical (unpaired) electrons. The smallest absolute Gasteiger partial charge is 0.550 e. The number of pyridine rings is 1. The van der Waals surface area contributed by atoms with E-state index >= 15 is 0 Å². The molecule has 0 aliphatic heterocycles. The second kappa shape index (κ2) is 11.8. The van der Waals surface area contributed by atoms with Crippen LogP contribution in [0.15, 0.2) is 59.8 Å². The number of nitriles is 1. The summed E-state index contributed by atoms with van der Waals surface area (Å²) in [7, 11) is 0. The van der Waals surface area contributed by atoms with Gasteiger partial charge in [0.2, 0.25) is 0 Å². The van der Waals surface area contributed by atoms with Crippen LogP contribution < -0.4 is 39.4 Å². The van der Waals surface area contributed by atoms with Crippen molar-refractivity contribution in [2.75, 3.05) is 5.75 Å². The molecular weight excluding hydrogens is 395 g/mol. The van der Waals surface area contributed by atoms with Crippen molar-refractivity contribution in [3.63, 3.8) is 0 Å². The van der Waals surface area contributed by atoms with Gasteiger partial charge in [-0.05, 0) is 43.2 Å². The summed E-state index contributed by atoms with van der Waals surface area (Å²) >= 11 is 1.66. The minimum Gasteiger partial charge on any atom is -0.550 e. The zero-order valence-electron chi connectivity index (χ0n) is 16.3. The Balaban J connectivity index is 0.00000300. The van der Waals surface area contributed by atoms with E-state index in [2.05, 4.69) is 11.1 Å². The Labute approximate surface area is 196 Å². The molecule has 0 aliphatic carbocycles. The minimum atomic E-state index is -0.993. The van der Waals surface area contributed by atoms with Crippen LogP contribution in [0.1, 0.15) is 31.2 Å². The Morgan fingerprint density at radius 2 is 1.86 bits per heavy atom. The van der Waals surface area contributed by atoms with Crippen molar-refractivity contribution in [1.29, 1.82) is 5.26 Å². The van der Waals surface area contributed by atoms with E-state index in [0.29, 0.717) is 23.5 Å². The van der Waals surface area contributed by atoms with Gasteiger partial charge in [0.05, 0.1) is 22.7 Å². The molecule has 3 aromatic rings. The fraction of sp³-hybridized carbons (Fsp3) is 0.227. The third kappa shape index (κ3) is 6.48. The van der Waals surface area contributed by atoms with Crippen molar-refractivity contribution in [1.82, 2.24) is 4.98 Å². The number of benzene rings is 2. The first-order valence-corrected chi connectivity index (χ1v) is 10.0. The molecule has 0 amide bonds. The molecular formula is C22H19N2NaO3S. The third-order valence-electron chi connectivity index (χ3n) is 4.25. The van der Waals surface area contributed by atoms with E-state index in [1.807, 2.05) is 36.4 Å². The van der Waals surface area contributed by atoms with Crippen molar-refractivity contribution in [3.8, 4) is 17.6 Å². The SMILES string of the molecule is N#Cc1ccc(Oc2cnccc2SCCCCCC(=O)[O-])c2ccccc12.[Na+]. The van der Waals surface area contributed by atoms with Gasteiger partial charge >= 0.3 is 29.6 Å². The molecule has 0 saturated heterocycles. The van der Waals surface area contributed by atoms with Crippen LogP contribution in [0.5, 0.6) is 11.5 Å². The number of carbonyl (C=O) groups is 1. The fourth-order valence-electron chi connectivity index (χ4n) is 2.87. The number of aromatic nitrogens is 1. The average molecular weight is 414 g/mol. The molecule has 0 aliphatic rings. The first-order chi connectivity index (χ1) is 13.7. The predicted molar refractivity (Wildman–Crippen MR) is 107 cm³/mol. The molecule has 5 nitrogen and oxygen atoms in total. The van der Waals surface area contributed by atoms with E-state index in [1.54, 1.807) is 30.2 Å². The Bertz CT molecular complexity index is 1020. The van der Waals surface area contributed by atoms with Crippen LogP contribution in [0.4, 0.5) is 0 Å². The van der Waals surface area contributed by atoms with E-state index in [0.717, 1.165) is 34.3 Å². The predicted octanol–water partition coefficient (Wildman–Crippen LogP) is 1.31. The van der Waals surface area contributed by atoms with E-state index in [-0.39, 0.29) is 36.0 Å².